The van der Waals surface area contributed by atoms with Crippen molar-refractivity contribution >= 4 is 39.0 Å². The van der Waals surface area contributed by atoms with E-state index in [-0.39, 0.29) is 23.1 Å². The van der Waals surface area contributed by atoms with Crippen LogP contribution in [0.5, 0.6) is 5.88 Å². The van der Waals surface area contributed by atoms with Crippen LogP contribution in [0.1, 0.15) is 27.1 Å². The molecule has 0 atom stereocenters. The molecule has 1 fully saturated rings. The van der Waals surface area contributed by atoms with Gasteiger partial charge in [-0.25, -0.2) is 0 Å². The number of alkyl halides is 6. The minimum Gasteiger partial charge on any atom is -0.492 e. The van der Waals surface area contributed by atoms with Gasteiger partial charge in [0.1, 0.15) is 4.88 Å². The van der Waals surface area contributed by atoms with E-state index in [1.807, 2.05) is 4.90 Å². The van der Waals surface area contributed by atoms with Gasteiger partial charge in [-0.2, -0.15) is 36.4 Å². The molecule has 0 unspecified atom stereocenters. The van der Waals surface area contributed by atoms with Crippen LogP contribution in [0.4, 0.5) is 31.5 Å². The van der Waals surface area contributed by atoms with E-state index >= 15 is 0 Å². The van der Waals surface area contributed by atoms with E-state index in [1.165, 1.54) is 6.20 Å². The molecule has 0 saturated carbocycles. The highest BCUT2D eigenvalue weighted by molar-refractivity contribution is 7.17. The average Bonchev–Trinajstić information content (AvgIpc) is 3.53. The van der Waals surface area contributed by atoms with Crippen molar-refractivity contribution in [2.45, 2.75) is 12.4 Å². The van der Waals surface area contributed by atoms with Crippen LogP contribution in [0.3, 0.4) is 0 Å². The molecule has 0 spiro atoms. The van der Waals surface area contributed by atoms with Crippen molar-refractivity contribution < 1.29 is 36.6 Å². The lowest BCUT2D eigenvalue weighted by Crippen LogP contribution is -2.47. The number of aliphatic hydroxyl groups is 1. The molecular weight excluding hydrogens is 560 g/mol. The second-order valence-corrected chi connectivity index (χ2v) is 10.2. The molecule has 0 amide bonds. The van der Waals surface area contributed by atoms with Crippen LogP contribution in [0.25, 0.3) is 22.6 Å². The number of fused-ring (bicyclic) bond motifs is 1. The van der Waals surface area contributed by atoms with Crippen molar-refractivity contribution in [1.82, 2.24) is 20.1 Å². The summed E-state index contributed by atoms with van der Waals surface area (Å²) in [6, 6.07) is 6.42. The van der Waals surface area contributed by atoms with E-state index in [0.717, 1.165) is 23.5 Å². The predicted molar refractivity (Wildman–Crippen MR) is 139 cm³/mol. The molecule has 3 heterocycles. The van der Waals surface area contributed by atoms with E-state index in [4.69, 9.17) is 0 Å². The Labute approximate surface area is 228 Å². The molecule has 0 radical (unpaired) electrons. The summed E-state index contributed by atoms with van der Waals surface area (Å²) in [6.45, 7) is 2.97. The molecule has 212 valence electrons. The minimum atomic E-state index is -5.07. The Kier molecular flexibility index (Phi) is 7.50. The lowest BCUT2D eigenvalue weighted by Gasteiger charge is -2.34. The molecule has 1 saturated heterocycles. The smallest absolute Gasteiger partial charge is 0.417 e. The minimum absolute atomic E-state index is 0.0290. The number of rotatable bonds is 6. The molecule has 2 aromatic carbocycles. The number of thiazole rings is 1. The summed E-state index contributed by atoms with van der Waals surface area (Å²) in [4.78, 5) is 8.43. The summed E-state index contributed by atoms with van der Waals surface area (Å²) >= 11 is 1.07. The molecule has 4 aromatic rings. The Balaban J connectivity index is 1.62. The van der Waals surface area contributed by atoms with Crippen molar-refractivity contribution in [3.05, 3.63) is 69.7 Å². The Morgan fingerprint density at radius 1 is 1.00 bits per heavy atom. The monoisotopic (exact) mass is 583 g/mol. The fraction of sp³-hybridized carbons (Fsp3) is 0.308. The maximum absolute atomic E-state index is 14.0. The van der Waals surface area contributed by atoms with Crippen LogP contribution in [-0.4, -0.2) is 69.6 Å². The first-order valence-electron chi connectivity index (χ1n) is 12.2. The number of hydrogen-bond donors (Lipinski definition) is 3. The fourth-order valence-electron chi connectivity index (χ4n) is 4.57. The van der Waals surface area contributed by atoms with Crippen molar-refractivity contribution in [3.63, 3.8) is 0 Å². The third-order valence-corrected chi connectivity index (χ3v) is 7.78. The maximum atomic E-state index is 14.0. The second-order valence-electron chi connectivity index (χ2n) is 9.23. The summed E-state index contributed by atoms with van der Waals surface area (Å²) in [6.07, 6.45) is -7.37. The number of piperazine rings is 1. The lowest BCUT2D eigenvalue weighted by molar-refractivity contribution is -0.143. The predicted octanol–water partition coefficient (Wildman–Crippen LogP) is 5.47. The molecule has 3 N–H and O–H groups in total. The zero-order valence-corrected chi connectivity index (χ0v) is 21.5. The maximum Gasteiger partial charge on any atom is 0.417 e. The topological polar surface area (TPSA) is 88.5 Å². The van der Waals surface area contributed by atoms with E-state index in [0.29, 0.717) is 60.4 Å². The van der Waals surface area contributed by atoms with Gasteiger partial charge in [-0.15, -0.1) is 0 Å². The standard InChI is InChI=1S/C26H23F6N5O2S/c27-25(28,29)18-3-1-16(20(13-18)26(30,31)32)12-19(15-2-4-21-17(11-15)14-33-35-21)22-23(39)34-24(40-22)37-7-5-36(6-8-37)9-10-38/h1-4,11-14,38-39H,5-10H2,(H,33,35). The molecule has 2 aromatic heterocycles. The molecule has 1 aliphatic rings. The number of hydrogen-bond acceptors (Lipinski definition) is 7. The first-order chi connectivity index (χ1) is 18.9. The highest BCUT2D eigenvalue weighted by Gasteiger charge is 2.38. The zero-order valence-electron chi connectivity index (χ0n) is 20.7. The number of H-pyrrole nitrogens is 1. The van der Waals surface area contributed by atoms with Gasteiger partial charge in [-0.1, -0.05) is 23.5 Å². The van der Waals surface area contributed by atoms with Crippen LogP contribution in [0.2, 0.25) is 0 Å². The van der Waals surface area contributed by atoms with Crippen molar-refractivity contribution in [2.75, 3.05) is 44.2 Å². The number of aromatic nitrogens is 3. The Morgan fingerprint density at radius 2 is 1.75 bits per heavy atom. The van der Waals surface area contributed by atoms with Crippen LogP contribution in [0.15, 0.2) is 42.6 Å². The molecule has 40 heavy (non-hydrogen) atoms. The van der Waals surface area contributed by atoms with E-state index in [9.17, 15) is 36.6 Å². The number of anilines is 1. The molecule has 14 heteroatoms. The normalized spacial score (nSPS) is 15.8. The molecular formula is C26H23F6N5O2S. The number of aromatic hydroxyl groups is 1. The number of benzene rings is 2. The van der Waals surface area contributed by atoms with E-state index in [1.54, 1.807) is 18.2 Å². The highest BCUT2D eigenvalue weighted by atomic mass is 32.1. The van der Waals surface area contributed by atoms with Crippen LogP contribution in [0, 0.1) is 0 Å². The lowest BCUT2D eigenvalue weighted by atomic mass is 9.96. The summed E-state index contributed by atoms with van der Waals surface area (Å²) in [5.41, 5.74) is -2.11. The Hall–Kier alpha value is -3.62. The summed E-state index contributed by atoms with van der Waals surface area (Å²) < 4.78 is 81.6. The number of aliphatic hydroxyl groups excluding tert-OH is 1. The number of β-amino-alcohol motifs (C(OH)–C–C–N with tert-alkyl or cyclic N) is 1. The van der Waals surface area contributed by atoms with Gasteiger partial charge in [0.25, 0.3) is 0 Å². The fourth-order valence-corrected chi connectivity index (χ4v) is 5.62. The van der Waals surface area contributed by atoms with E-state index < -0.39 is 34.9 Å². The molecule has 1 aliphatic heterocycles. The summed E-state index contributed by atoms with van der Waals surface area (Å²) in [5, 5.41) is 27.9. The van der Waals surface area contributed by atoms with Crippen molar-refractivity contribution in [2.24, 2.45) is 0 Å². The highest BCUT2D eigenvalue weighted by Crippen LogP contribution is 2.43. The van der Waals surface area contributed by atoms with Crippen LogP contribution >= 0.6 is 11.3 Å². The molecule has 5 rings (SSSR count). The van der Waals surface area contributed by atoms with Crippen LogP contribution < -0.4 is 4.90 Å². The van der Waals surface area contributed by atoms with Gasteiger partial charge in [0.15, 0.2) is 5.13 Å². The number of aromatic amines is 1. The van der Waals surface area contributed by atoms with E-state index in [2.05, 4.69) is 20.1 Å². The number of nitrogens with one attached hydrogen (secondary N) is 1. The molecule has 0 aliphatic carbocycles. The van der Waals surface area contributed by atoms with Gasteiger partial charge in [0.2, 0.25) is 5.88 Å². The zero-order chi connectivity index (χ0) is 28.7. The Bertz CT molecular complexity index is 1540. The summed E-state index contributed by atoms with van der Waals surface area (Å²) in [7, 11) is 0. The molecule has 0 bridgehead atoms. The third kappa shape index (κ3) is 5.78. The largest absolute Gasteiger partial charge is 0.492 e. The van der Waals surface area contributed by atoms with Gasteiger partial charge in [-0.3, -0.25) is 10.00 Å². The Morgan fingerprint density at radius 3 is 2.42 bits per heavy atom. The van der Waals surface area contributed by atoms with Gasteiger partial charge in [0, 0.05) is 43.7 Å². The van der Waals surface area contributed by atoms with Gasteiger partial charge in [-0.05, 0) is 41.5 Å². The third-order valence-electron chi connectivity index (χ3n) is 6.64. The van der Waals surface area contributed by atoms with Crippen molar-refractivity contribution in [3.8, 4) is 5.88 Å². The van der Waals surface area contributed by atoms with Crippen LogP contribution in [-0.2, 0) is 12.4 Å². The van der Waals surface area contributed by atoms with Gasteiger partial charge >= 0.3 is 12.4 Å². The molecule has 7 nitrogen and oxygen atoms in total. The average molecular weight is 584 g/mol. The second kappa shape index (κ2) is 10.7. The first kappa shape index (κ1) is 27.9. The SMILES string of the molecule is OCCN1CCN(c2nc(O)c(C(=Cc3ccc(C(F)(F)F)cc3C(F)(F)F)c3ccc4[nH]ncc4c3)s2)CC1. The number of halogens is 6. The quantitative estimate of drug-likeness (QED) is 0.206. The van der Waals surface area contributed by atoms with Gasteiger partial charge in [0.05, 0.1) is 29.4 Å². The number of nitrogens with zero attached hydrogens (tertiary/aromatic N) is 4. The van der Waals surface area contributed by atoms with Crippen molar-refractivity contribution in [1.29, 1.82) is 0 Å². The first-order valence-corrected chi connectivity index (χ1v) is 13.0. The van der Waals surface area contributed by atoms with Gasteiger partial charge < -0.3 is 15.1 Å². The summed E-state index contributed by atoms with van der Waals surface area (Å²) in [5.74, 6) is -0.406.